The quantitative estimate of drug-likeness (QED) is 0.569. The molecule has 5 nitrogen and oxygen atoms in total. The molecule has 6 heteroatoms. The molecular weight excluding hydrogens is 338 g/mol. The molecule has 1 aliphatic heterocycles. The Morgan fingerprint density at radius 3 is 2.52 bits per heavy atom. The summed E-state index contributed by atoms with van der Waals surface area (Å²) in [6, 6.07) is 14.8. The Balaban J connectivity index is 2.07. The minimum atomic E-state index is -0.338. The van der Waals surface area contributed by atoms with Crippen molar-refractivity contribution in [1.82, 2.24) is 9.47 Å². The number of hydrogen-bond acceptors (Lipinski definition) is 3. The predicted octanol–water partition coefficient (Wildman–Crippen LogP) is 3.25. The first-order chi connectivity index (χ1) is 12.0. The van der Waals surface area contributed by atoms with E-state index in [1.165, 1.54) is 13.1 Å². The summed E-state index contributed by atoms with van der Waals surface area (Å²) in [5, 5.41) is 1.47. The Hall–Kier alpha value is -3.05. The average molecular weight is 352 g/mol. The summed E-state index contributed by atoms with van der Waals surface area (Å²) < 4.78 is 1.87. The van der Waals surface area contributed by atoms with E-state index in [1.54, 1.807) is 18.2 Å². The van der Waals surface area contributed by atoms with Gasteiger partial charge in [-0.05, 0) is 30.3 Å². The number of aromatic nitrogens is 1. The van der Waals surface area contributed by atoms with Crippen LogP contribution in [0.15, 0.2) is 54.6 Å². The summed E-state index contributed by atoms with van der Waals surface area (Å²) in [5.41, 5.74) is 9.18. The molecule has 0 bridgehead atoms. The third-order valence-corrected chi connectivity index (χ3v) is 4.59. The van der Waals surface area contributed by atoms with Crippen LogP contribution < -0.4 is 5.73 Å². The highest BCUT2D eigenvalue weighted by atomic mass is 35.5. The number of nitrogens with zero attached hydrogens (tertiary/aromatic N) is 2. The molecule has 2 aromatic carbocycles. The van der Waals surface area contributed by atoms with E-state index in [2.05, 4.69) is 0 Å². The van der Waals surface area contributed by atoms with Crippen molar-refractivity contribution in [3.8, 4) is 5.69 Å². The Labute approximate surface area is 148 Å². The largest absolute Gasteiger partial charge is 0.397 e. The monoisotopic (exact) mass is 351 g/mol. The topological polar surface area (TPSA) is 68.3 Å². The molecule has 1 aliphatic rings. The fourth-order valence-corrected chi connectivity index (χ4v) is 3.24. The summed E-state index contributed by atoms with van der Waals surface area (Å²) in [4.78, 5) is 25.5. The molecule has 2 heterocycles. The van der Waals surface area contributed by atoms with Crippen molar-refractivity contribution in [2.75, 3.05) is 12.8 Å². The number of fused-ring (bicyclic) bond motifs is 1. The molecule has 0 spiro atoms. The normalized spacial score (nSPS) is 14.5. The molecule has 3 aromatic rings. The molecule has 0 fully saturated rings. The van der Waals surface area contributed by atoms with E-state index in [0.29, 0.717) is 27.7 Å². The molecule has 25 heavy (non-hydrogen) atoms. The number of nitrogens with two attached hydrogens (primary N) is 1. The third kappa shape index (κ3) is 2.32. The number of carbonyl (C=O) groups excluding carboxylic acids is 2. The van der Waals surface area contributed by atoms with Gasteiger partial charge in [0, 0.05) is 23.5 Å². The van der Waals surface area contributed by atoms with Crippen molar-refractivity contribution in [2.45, 2.75) is 0 Å². The minimum absolute atomic E-state index is 0.336. The zero-order valence-corrected chi connectivity index (χ0v) is 14.1. The van der Waals surface area contributed by atoms with Gasteiger partial charge in [-0.2, -0.15) is 0 Å². The number of halogens is 1. The maximum atomic E-state index is 12.5. The molecule has 1 aromatic heterocycles. The van der Waals surface area contributed by atoms with Crippen LogP contribution in [0.1, 0.15) is 5.69 Å². The number of likely N-dealkylation sites (N-methyl/N-ethyl adjacent to an activating group) is 1. The standard InChI is InChI=1S/C19H14ClN3O2/c1-22-18(24)10-13(19(22)25)16-8-11-4-2-3-5-15(11)23(16)17-9-12(20)6-7-14(17)21/h2-10H,21H2,1H3. The van der Waals surface area contributed by atoms with E-state index in [4.69, 9.17) is 17.3 Å². The second kappa shape index (κ2) is 5.50. The van der Waals surface area contributed by atoms with Gasteiger partial charge in [-0.3, -0.25) is 14.5 Å². The van der Waals surface area contributed by atoms with Crippen LogP contribution in [0.25, 0.3) is 22.2 Å². The van der Waals surface area contributed by atoms with Crippen LogP contribution in [-0.2, 0) is 9.59 Å². The van der Waals surface area contributed by atoms with Crippen LogP contribution in [-0.4, -0.2) is 28.3 Å². The fraction of sp³-hybridized carbons (Fsp3) is 0.0526. The zero-order chi connectivity index (χ0) is 17.7. The van der Waals surface area contributed by atoms with Gasteiger partial charge in [0.05, 0.1) is 28.2 Å². The van der Waals surface area contributed by atoms with Gasteiger partial charge in [-0.25, -0.2) is 0 Å². The molecule has 0 radical (unpaired) electrons. The minimum Gasteiger partial charge on any atom is -0.397 e. The molecule has 0 aliphatic carbocycles. The van der Waals surface area contributed by atoms with Gasteiger partial charge in [0.1, 0.15) is 0 Å². The first-order valence-corrected chi connectivity index (χ1v) is 8.05. The van der Waals surface area contributed by atoms with E-state index < -0.39 is 0 Å². The van der Waals surface area contributed by atoms with Crippen molar-refractivity contribution >= 4 is 45.6 Å². The number of carbonyl (C=O) groups is 2. The number of nitrogen functional groups attached to an aromatic ring is 1. The van der Waals surface area contributed by atoms with Crippen LogP contribution in [0.3, 0.4) is 0 Å². The average Bonchev–Trinajstić information content (AvgIpc) is 3.10. The highest BCUT2D eigenvalue weighted by Crippen LogP contribution is 2.34. The van der Waals surface area contributed by atoms with Crippen LogP contribution in [0.2, 0.25) is 5.02 Å². The number of imide groups is 1. The van der Waals surface area contributed by atoms with Crippen molar-refractivity contribution in [3.05, 3.63) is 65.3 Å². The van der Waals surface area contributed by atoms with Gasteiger partial charge in [0.25, 0.3) is 11.8 Å². The molecule has 2 N–H and O–H groups in total. The van der Waals surface area contributed by atoms with E-state index in [0.717, 1.165) is 15.8 Å². The van der Waals surface area contributed by atoms with Crippen LogP contribution in [0.5, 0.6) is 0 Å². The van der Waals surface area contributed by atoms with Gasteiger partial charge < -0.3 is 10.3 Å². The zero-order valence-electron chi connectivity index (χ0n) is 13.4. The molecule has 0 atom stereocenters. The lowest BCUT2D eigenvalue weighted by molar-refractivity contribution is -0.134. The summed E-state index contributed by atoms with van der Waals surface area (Å²) >= 11 is 6.16. The van der Waals surface area contributed by atoms with Gasteiger partial charge in [0.2, 0.25) is 0 Å². The van der Waals surface area contributed by atoms with Crippen LogP contribution >= 0.6 is 11.6 Å². The number of amides is 2. The first-order valence-electron chi connectivity index (χ1n) is 7.67. The molecule has 0 saturated heterocycles. The number of benzene rings is 2. The highest BCUT2D eigenvalue weighted by molar-refractivity contribution is 6.33. The lowest BCUT2D eigenvalue weighted by Crippen LogP contribution is -2.26. The maximum absolute atomic E-state index is 12.5. The summed E-state index contributed by atoms with van der Waals surface area (Å²) in [6.45, 7) is 0. The Morgan fingerprint density at radius 1 is 1.04 bits per heavy atom. The Bertz CT molecular complexity index is 1080. The summed E-state index contributed by atoms with van der Waals surface area (Å²) in [7, 11) is 1.47. The molecule has 0 saturated carbocycles. The Kier molecular flexibility index (Phi) is 3.40. The molecule has 124 valence electrons. The number of rotatable bonds is 2. The van der Waals surface area contributed by atoms with Crippen molar-refractivity contribution < 1.29 is 9.59 Å². The summed E-state index contributed by atoms with van der Waals surface area (Å²) in [6.07, 6.45) is 1.35. The van der Waals surface area contributed by atoms with Gasteiger partial charge in [0.15, 0.2) is 0 Å². The predicted molar refractivity (Wildman–Crippen MR) is 98.5 cm³/mol. The second-order valence-corrected chi connectivity index (χ2v) is 6.32. The highest BCUT2D eigenvalue weighted by Gasteiger charge is 2.31. The second-order valence-electron chi connectivity index (χ2n) is 5.89. The van der Waals surface area contributed by atoms with Crippen LogP contribution in [0, 0.1) is 0 Å². The molecule has 2 amide bonds. The Morgan fingerprint density at radius 2 is 1.80 bits per heavy atom. The number of hydrogen-bond donors (Lipinski definition) is 1. The molecular formula is C19H14ClN3O2. The van der Waals surface area contributed by atoms with Gasteiger partial charge in [-0.15, -0.1) is 0 Å². The summed E-state index contributed by atoms with van der Waals surface area (Å²) in [5.74, 6) is -0.675. The lowest BCUT2D eigenvalue weighted by Gasteiger charge is -2.14. The van der Waals surface area contributed by atoms with Crippen molar-refractivity contribution in [2.24, 2.45) is 0 Å². The van der Waals surface area contributed by atoms with E-state index in [9.17, 15) is 9.59 Å². The molecule has 4 rings (SSSR count). The fourth-order valence-electron chi connectivity index (χ4n) is 3.07. The van der Waals surface area contributed by atoms with Gasteiger partial charge >= 0.3 is 0 Å². The smallest absolute Gasteiger partial charge is 0.262 e. The third-order valence-electron chi connectivity index (χ3n) is 4.35. The van der Waals surface area contributed by atoms with E-state index in [1.807, 2.05) is 34.9 Å². The number of para-hydroxylation sites is 1. The van der Waals surface area contributed by atoms with E-state index >= 15 is 0 Å². The first kappa shape index (κ1) is 15.5. The van der Waals surface area contributed by atoms with Crippen molar-refractivity contribution in [1.29, 1.82) is 0 Å². The maximum Gasteiger partial charge on any atom is 0.262 e. The van der Waals surface area contributed by atoms with Crippen molar-refractivity contribution in [3.63, 3.8) is 0 Å². The molecule has 0 unspecified atom stereocenters. The van der Waals surface area contributed by atoms with Crippen LogP contribution in [0.4, 0.5) is 5.69 Å². The lowest BCUT2D eigenvalue weighted by atomic mass is 10.1. The number of anilines is 1. The van der Waals surface area contributed by atoms with Gasteiger partial charge in [-0.1, -0.05) is 29.8 Å². The SMILES string of the molecule is CN1C(=O)C=C(c2cc3ccccc3n2-c2cc(Cl)ccc2N)C1=O. The van der Waals surface area contributed by atoms with E-state index in [-0.39, 0.29) is 11.8 Å².